The second-order valence-electron chi connectivity index (χ2n) is 8.64. The summed E-state index contributed by atoms with van der Waals surface area (Å²) in [5.41, 5.74) is 7.69. The summed E-state index contributed by atoms with van der Waals surface area (Å²) in [6.07, 6.45) is 0.252. The minimum absolute atomic E-state index is 0.103. The summed E-state index contributed by atoms with van der Waals surface area (Å²) < 4.78 is 44.6. The fraction of sp³-hybridized carbons (Fsp3) is 0.259. The molecule has 1 aliphatic heterocycles. The number of amides is 2. The molecule has 0 saturated carbocycles. The van der Waals surface area contributed by atoms with Crippen LogP contribution in [0, 0.1) is 0 Å². The van der Waals surface area contributed by atoms with E-state index < -0.39 is 34.4 Å². The average molecular weight is 540 g/mol. The van der Waals surface area contributed by atoms with E-state index in [1.54, 1.807) is 24.3 Å². The SMILES string of the molecule is COc1ccc(N(CC(=O)N2Cc3ccccc3CC2C(N)=O)S(=O)(=O)c2ccc(OC)c(OC)c2)cc1. The molecule has 1 aliphatic rings. The van der Waals surface area contributed by atoms with Gasteiger partial charge in [-0.05, 0) is 47.5 Å². The maximum atomic E-state index is 13.9. The van der Waals surface area contributed by atoms with Crippen molar-refractivity contribution < 1.29 is 32.2 Å². The molecule has 0 saturated heterocycles. The van der Waals surface area contributed by atoms with Gasteiger partial charge >= 0.3 is 0 Å². The third kappa shape index (κ3) is 5.23. The summed E-state index contributed by atoms with van der Waals surface area (Å²) >= 11 is 0. The first-order chi connectivity index (χ1) is 18.2. The second-order valence-corrected chi connectivity index (χ2v) is 10.5. The monoisotopic (exact) mass is 539 g/mol. The molecule has 0 radical (unpaired) electrons. The van der Waals surface area contributed by atoms with E-state index in [-0.39, 0.29) is 29.3 Å². The minimum atomic E-state index is -4.27. The third-order valence-electron chi connectivity index (χ3n) is 6.48. The van der Waals surface area contributed by atoms with Crippen LogP contribution in [-0.4, -0.2) is 59.0 Å². The van der Waals surface area contributed by atoms with E-state index in [4.69, 9.17) is 19.9 Å². The summed E-state index contributed by atoms with van der Waals surface area (Å²) in [5, 5.41) is 0. The first-order valence-corrected chi connectivity index (χ1v) is 13.2. The zero-order chi connectivity index (χ0) is 27.4. The molecule has 1 heterocycles. The molecule has 10 nitrogen and oxygen atoms in total. The number of hydrogen-bond acceptors (Lipinski definition) is 7. The maximum Gasteiger partial charge on any atom is 0.264 e. The number of hydrogen-bond donors (Lipinski definition) is 1. The van der Waals surface area contributed by atoms with E-state index >= 15 is 0 Å². The summed E-state index contributed by atoms with van der Waals surface area (Å²) in [6.45, 7) is -0.426. The van der Waals surface area contributed by atoms with Crippen molar-refractivity contribution in [3.05, 3.63) is 77.9 Å². The molecule has 3 aromatic rings. The third-order valence-corrected chi connectivity index (χ3v) is 8.25. The van der Waals surface area contributed by atoms with Crippen molar-refractivity contribution in [1.29, 1.82) is 0 Å². The van der Waals surface area contributed by atoms with E-state index in [1.165, 1.54) is 44.4 Å². The largest absolute Gasteiger partial charge is 0.497 e. The molecule has 3 aromatic carbocycles. The van der Waals surface area contributed by atoms with Crippen molar-refractivity contribution in [2.24, 2.45) is 5.73 Å². The zero-order valence-electron chi connectivity index (χ0n) is 21.3. The highest BCUT2D eigenvalue weighted by Crippen LogP contribution is 2.33. The van der Waals surface area contributed by atoms with E-state index in [1.807, 2.05) is 24.3 Å². The van der Waals surface area contributed by atoms with Crippen LogP contribution < -0.4 is 24.2 Å². The smallest absolute Gasteiger partial charge is 0.264 e. The van der Waals surface area contributed by atoms with Gasteiger partial charge in [0.05, 0.1) is 31.9 Å². The van der Waals surface area contributed by atoms with Crippen molar-refractivity contribution in [2.75, 3.05) is 32.2 Å². The second kappa shape index (κ2) is 11.0. The Bertz CT molecular complexity index is 1440. The number of carbonyl (C=O) groups is 2. The summed E-state index contributed by atoms with van der Waals surface area (Å²) in [6, 6.07) is 17.0. The zero-order valence-corrected chi connectivity index (χ0v) is 22.1. The van der Waals surface area contributed by atoms with Gasteiger partial charge in [-0.2, -0.15) is 0 Å². The van der Waals surface area contributed by atoms with E-state index in [2.05, 4.69) is 0 Å². The van der Waals surface area contributed by atoms with Crippen LogP contribution in [0.15, 0.2) is 71.6 Å². The number of nitrogens with zero attached hydrogens (tertiary/aromatic N) is 2. The number of nitrogens with two attached hydrogens (primary N) is 1. The normalized spacial score (nSPS) is 14.8. The van der Waals surface area contributed by atoms with Gasteiger partial charge in [-0.25, -0.2) is 8.42 Å². The number of fused-ring (bicyclic) bond motifs is 1. The number of benzene rings is 3. The van der Waals surface area contributed by atoms with Gasteiger partial charge in [0.15, 0.2) is 11.5 Å². The fourth-order valence-electron chi connectivity index (χ4n) is 4.42. The van der Waals surface area contributed by atoms with E-state index in [0.717, 1.165) is 15.4 Å². The van der Waals surface area contributed by atoms with Crippen LogP contribution in [0.3, 0.4) is 0 Å². The van der Waals surface area contributed by atoms with Crippen molar-refractivity contribution >= 4 is 27.5 Å². The van der Waals surface area contributed by atoms with Gasteiger partial charge in [0.2, 0.25) is 11.8 Å². The van der Waals surface area contributed by atoms with Gasteiger partial charge in [-0.3, -0.25) is 13.9 Å². The number of ether oxygens (including phenoxy) is 3. The van der Waals surface area contributed by atoms with Gasteiger partial charge in [-0.1, -0.05) is 24.3 Å². The lowest BCUT2D eigenvalue weighted by Crippen LogP contribution is -2.54. The van der Waals surface area contributed by atoms with Crippen LogP contribution in [0.1, 0.15) is 11.1 Å². The number of sulfonamides is 1. The highest BCUT2D eigenvalue weighted by atomic mass is 32.2. The van der Waals surface area contributed by atoms with E-state index in [0.29, 0.717) is 11.5 Å². The predicted octanol–water partition coefficient (Wildman–Crippen LogP) is 2.35. The van der Waals surface area contributed by atoms with Crippen LogP contribution in [0.2, 0.25) is 0 Å². The Morgan fingerprint density at radius 3 is 2.18 bits per heavy atom. The summed E-state index contributed by atoms with van der Waals surface area (Å²) in [4.78, 5) is 27.2. The Morgan fingerprint density at radius 1 is 0.921 bits per heavy atom. The molecule has 0 aromatic heterocycles. The molecule has 0 aliphatic carbocycles. The van der Waals surface area contributed by atoms with Crippen molar-refractivity contribution in [3.8, 4) is 17.2 Å². The molecule has 1 unspecified atom stereocenters. The maximum absolute atomic E-state index is 13.9. The van der Waals surface area contributed by atoms with Crippen molar-refractivity contribution in [3.63, 3.8) is 0 Å². The van der Waals surface area contributed by atoms with Gasteiger partial charge < -0.3 is 24.8 Å². The molecule has 11 heteroatoms. The predicted molar refractivity (Wildman–Crippen MR) is 141 cm³/mol. The quantitative estimate of drug-likeness (QED) is 0.442. The topological polar surface area (TPSA) is 128 Å². The van der Waals surface area contributed by atoms with Gasteiger partial charge in [-0.15, -0.1) is 0 Å². The standard InChI is InChI=1S/C27H29N3O7S/c1-35-21-10-8-20(9-11-21)30(38(33,34)22-12-13-24(36-2)25(15-22)37-3)17-26(31)29-16-19-7-5-4-6-18(19)14-23(29)27(28)32/h4-13,15,23H,14,16-17H2,1-3H3,(H2,28,32). The van der Waals surface area contributed by atoms with Crippen LogP contribution >= 0.6 is 0 Å². The number of rotatable bonds is 9. The summed E-state index contributed by atoms with van der Waals surface area (Å²) in [5.74, 6) is -0.134. The molecule has 1 atom stereocenters. The molecule has 38 heavy (non-hydrogen) atoms. The number of primary amides is 1. The number of anilines is 1. The Morgan fingerprint density at radius 2 is 1.58 bits per heavy atom. The Labute approximate surface area is 221 Å². The molecule has 0 bridgehead atoms. The van der Waals surface area contributed by atoms with Gasteiger partial charge in [0.25, 0.3) is 10.0 Å². The van der Waals surface area contributed by atoms with Crippen LogP contribution in [0.5, 0.6) is 17.2 Å². The fourth-order valence-corrected chi connectivity index (χ4v) is 5.85. The molecule has 4 rings (SSSR count). The molecule has 0 fully saturated rings. The minimum Gasteiger partial charge on any atom is -0.497 e. The van der Waals surface area contributed by atoms with Crippen molar-refractivity contribution in [1.82, 2.24) is 4.90 Å². The lowest BCUT2D eigenvalue weighted by Gasteiger charge is -2.36. The number of methoxy groups -OCH3 is 3. The Hall–Kier alpha value is -4.25. The molecule has 2 N–H and O–H groups in total. The van der Waals surface area contributed by atoms with Crippen LogP contribution in [-0.2, 0) is 32.6 Å². The van der Waals surface area contributed by atoms with Crippen LogP contribution in [0.25, 0.3) is 0 Å². The molecule has 200 valence electrons. The van der Waals surface area contributed by atoms with Gasteiger partial charge in [0.1, 0.15) is 18.3 Å². The van der Waals surface area contributed by atoms with Crippen LogP contribution in [0.4, 0.5) is 5.69 Å². The Kier molecular flexibility index (Phi) is 7.77. The highest BCUT2D eigenvalue weighted by molar-refractivity contribution is 7.92. The molecule has 2 amide bonds. The lowest BCUT2D eigenvalue weighted by molar-refractivity contribution is -0.139. The Balaban J connectivity index is 1.74. The first-order valence-electron chi connectivity index (χ1n) is 11.7. The van der Waals surface area contributed by atoms with E-state index in [9.17, 15) is 18.0 Å². The molecular weight excluding hydrogens is 510 g/mol. The molecule has 0 spiro atoms. The number of carbonyl (C=O) groups excluding carboxylic acids is 2. The molecular formula is C27H29N3O7S. The first kappa shape index (κ1) is 26.8. The van der Waals surface area contributed by atoms with Gasteiger partial charge in [0, 0.05) is 19.0 Å². The summed E-state index contributed by atoms with van der Waals surface area (Å²) in [7, 11) is 0.0696. The average Bonchev–Trinajstić information content (AvgIpc) is 2.94. The van der Waals surface area contributed by atoms with Crippen molar-refractivity contribution in [2.45, 2.75) is 23.9 Å². The lowest BCUT2D eigenvalue weighted by atomic mass is 9.93. The highest BCUT2D eigenvalue weighted by Gasteiger charge is 2.36.